The standard InChI is InChI=1S/C7H7N3O2.C7H6O2/c8-3-1-4-6(2-5(3)11)12-7(9)10-4;8-7(9)6-4-2-1-3-5-6/h1-2,11H,8H2,(H2,9,10);1-5H,(H,8,9). The monoisotopic (exact) mass is 287 g/mol. The SMILES string of the molecule is Nc1nc2cc(N)c(O)cc2o1.O=C(O)c1ccccc1. The van der Waals surface area contributed by atoms with Gasteiger partial charge in [-0.25, -0.2) is 4.79 Å². The summed E-state index contributed by atoms with van der Waals surface area (Å²) in [7, 11) is 0. The fourth-order valence-electron chi connectivity index (χ4n) is 1.58. The molecule has 0 aliphatic heterocycles. The molecule has 0 fully saturated rings. The summed E-state index contributed by atoms with van der Waals surface area (Å²) in [6, 6.07) is 11.2. The Morgan fingerprint density at radius 2 is 1.81 bits per heavy atom. The Morgan fingerprint density at radius 1 is 1.14 bits per heavy atom. The molecule has 0 radical (unpaired) electrons. The summed E-state index contributed by atoms with van der Waals surface area (Å²) in [6.07, 6.45) is 0. The van der Waals surface area contributed by atoms with Gasteiger partial charge in [-0.15, -0.1) is 0 Å². The molecule has 7 nitrogen and oxygen atoms in total. The highest BCUT2D eigenvalue weighted by atomic mass is 16.4. The van der Waals surface area contributed by atoms with Crippen molar-refractivity contribution in [3.63, 3.8) is 0 Å². The summed E-state index contributed by atoms with van der Waals surface area (Å²) in [5.41, 5.74) is 12.3. The van der Waals surface area contributed by atoms with Gasteiger partial charge in [-0.2, -0.15) is 4.98 Å². The van der Waals surface area contributed by atoms with Crippen LogP contribution in [0.3, 0.4) is 0 Å². The van der Waals surface area contributed by atoms with Gasteiger partial charge >= 0.3 is 5.97 Å². The molecule has 0 saturated heterocycles. The third-order valence-corrected chi connectivity index (χ3v) is 2.57. The molecule has 6 N–H and O–H groups in total. The molecular weight excluding hydrogens is 274 g/mol. The molecule has 108 valence electrons. The number of nitrogens with two attached hydrogens (primary N) is 2. The number of oxazole rings is 1. The van der Waals surface area contributed by atoms with Crippen molar-refractivity contribution >= 4 is 28.8 Å². The number of aromatic carboxylic acids is 1. The zero-order valence-electron chi connectivity index (χ0n) is 10.9. The number of carbonyl (C=O) groups is 1. The van der Waals surface area contributed by atoms with Gasteiger partial charge in [-0.3, -0.25) is 0 Å². The van der Waals surface area contributed by atoms with E-state index in [4.69, 9.17) is 21.0 Å². The summed E-state index contributed by atoms with van der Waals surface area (Å²) in [5, 5.41) is 17.6. The van der Waals surface area contributed by atoms with Crippen molar-refractivity contribution in [2.45, 2.75) is 0 Å². The Morgan fingerprint density at radius 3 is 2.38 bits per heavy atom. The number of nitrogens with zero attached hydrogens (tertiary/aromatic N) is 1. The molecular formula is C14H13N3O4. The largest absolute Gasteiger partial charge is 0.506 e. The number of aromatic hydroxyl groups is 1. The van der Waals surface area contributed by atoms with Crippen LogP contribution in [0.5, 0.6) is 5.75 Å². The van der Waals surface area contributed by atoms with Crippen molar-refractivity contribution in [1.29, 1.82) is 0 Å². The minimum absolute atomic E-state index is 0.0290. The van der Waals surface area contributed by atoms with Crippen LogP contribution in [0.25, 0.3) is 11.1 Å². The van der Waals surface area contributed by atoms with E-state index >= 15 is 0 Å². The zero-order valence-corrected chi connectivity index (χ0v) is 10.9. The Bertz CT molecular complexity index is 729. The van der Waals surface area contributed by atoms with Crippen LogP contribution in [-0.4, -0.2) is 21.2 Å². The minimum atomic E-state index is -0.879. The number of hydrogen-bond donors (Lipinski definition) is 4. The first kappa shape index (κ1) is 14.2. The summed E-state index contributed by atoms with van der Waals surface area (Å²) in [6.45, 7) is 0. The lowest BCUT2D eigenvalue weighted by molar-refractivity contribution is 0.0697. The molecule has 0 saturated carbocycles. The van der Waals surface area contributed by atoms with Crippen LogP contribution in [0.2, 0.25) is 0 Å². The first-order valence-corrected chi connectivity index (χ1v) is 5.90. The predicted molar refractivity (Wildman–Crippen MR) is 77.9 cm³/mol. The van der Waals surface area contributed by atoms with Crippen LogP contribution in [0.1, 0.15) is 10.4 Å². The van der Waals surface area contributed by atoms with Gasteiger partial charge < -0.3 is 26.1 Å². The first-order valence-electron chi connectivity index (χ1n) is 5.90. The van der Waals surface area contributed by atoms with E-state index in [1.165, 1.54) is 12.1 Å². The second-order valence-electron chi connectivity index (χ2n) is 4.10. The number of phenolic OH excluding ortho intramolecular Hbond substituents is 1. The number of hydrogen-bond acceptors (Lipinski definition) is 6. The van der Waals surface area contributed by atoms with Gasteiger partial charge in [-0.1, -0.05) is 18.2 Å². The van der Waals surface area contributed by atoms with Crippen molar-refractivity contribution in [3.8, 4) is 5.75 Å². The van der Waals surface area contributed by atoms with Gasteiger partial charge in [0.05, 0.1) is 11.3 Å². The number of nitrogen functional groups attached to an aromatic ring is 2. The van der Waals surface area contributed by atoms with E-state index < -0.39 is 5.97 Å². The van der Waals surface area contributed by atoms with Gasteiger partial charge in [0.2, 0.25) is 0 Å². The van der Waals surface area contributed by atoms with E-state index in [2.05, 4.69) is 4.98 Å². The maximum absolute atomic E-state index is 10.2. The third-order valence-electron chi connectivity index (χ3n) is 2.57. The zero-order chi connectivity index (χ0) is 15.4. The molecule has 2 aromatic carbocycles. The highest BCUT2D eigenvalue weighted by Gasteiger charge is 2.05. The second-order valence-corrected chi connectivity index (χ2v) is 4.10. The smallest absolute Gasteiger partial charge is 0.335 e. The number of carboxylic acids is 1. The van der Waals surface area contributed by atoms with Crippen LogP contribution in [0, 0.1) is 0 Å². The molecule has 0 spiro atoms. The molecule has 7 heteroatoms. The van der Waals surface area contributed by atoms with Crippen LogP contribution < -0.4 is 11.5 Å². The van der Waals surface area contributed by atoms with Crippen molar-refractivity contribution in [1.82, 2.24) is 4.98 Å². The van der Waals surface area contributed by atoms with Crippen molar-refractivity contribution in [2.75, 3.05) is 11.5 Å². The highest BCUT2D eigenvalue weighted by Crippen LogP contribution is 2.27. The number of fused-ring (bicyclic) bond motifs is 1. The molecule has 0 aliphatic rings. The maximum Gasteiger partial charge on any atom is 0.335 e. The van der Waals surface area contributed by atoms with E-state index in [-0.39, 0.29) is 17.5 Å². The first-order chi connectivity index (χ1) is 9.97. The average molecular weight is 287 g/mol. The number of carboxylic acid groups (broad SMARTS) is 1. The predicted octanol–water partition coefficient (Wildman–Crippen LogP) is 2.08. The molecule has 0 atom stereocenters. The third kappa shape index (κ3) is 3.41. The molecule has 1 aromatic heterocycles. The van der Waals surface area contributed by atoms with Crippen LogP contribution in [0.15, 0.2) is 46.9 Å². The van der Waals surface area contributed by atoms with Gasteiger partial charge in [0.15, 0.2) is 5.58 Å². The maximum atomic E-state index is 10.2. The number of aromatic nitrogens is 1. The van der Waals surface area contributed by atoms with Crippen molar-refractivity contribution in [2.24, 2.45) is 0 Å². The number of anilines is 2. The molecule has 21 heavy (non-hydrogen) atoms. The topological polar surface area (TPSA) is 136 Å². The van der Waals surface area contributed by atoms with Gasteiger partial charge in [-0.05, 0) is 18.2 Å². The van der Waals surface area contributed by atoms with Crippen LogP contribution >= 0.6 is 0 Å². The minimum Gasteiger partial charge on any atom is -0.506 e. The van der Waals surface area contributed by atoms with Gasteiger partial charge in [0.25, 0.3) is 6.01 Å². The Labute approximate surface area is 119 Å². The quantitative estimate of drug-likeness (QED) is 0.397. The molecule has 0 bridgehead atoms. The fraction of sp³-hybridized carbons (Fsp3) is 0. The van der Waals surface area contributed by atoms with Gasteiger partial charge in [0.1, 0.15) is 11.3 Å². The molecule has 0 amide bonds. The van der Waals surface area contributed by atoms with Crippen molar-refractivity contribution < 1.29 is 19.4 Å². The van der Waals surface area contributed by atoms with Crippen LogP contribution in [0.4, 0.5) is 11.7 Å². The van der Waals surface area contributed by atoms with Crippen LogP contribution in [-0.2, 0) is 0 Å². The van der Waals surface area contributed by atoms with E-state index in [0.29, 0.717) is 16.7 Å². The molecule has 3 aromatic rings. The second kappa shape index (κ2) is 5.83. The number of rotatable bonds is 1. The fourth-order valence-corrected chi connectivity index (χ4v) is 1.58. The molecule has 0 aliphatic carbocycles. The van der Waals surface area contributed by atoms with E-state index in [0.717, 1.165) is 0 Å². The molecule has 3 rings (SSSR count). The Hall–Kier alpha value is -3.22. The lowest BCUT2D eigenvalue weighted by atomic mass is 10.2. The average Bonchev–Trinajstić information content (AvgIpc) is 2.80. The lowest BCUT2D eigenvalue weighted by Crippen LogP contribution is -1.93. The summed E-state index contributed by atoms with van der Waals surface area (Å²) >= 11 is 0. The van der Waals surface area contributed by atoms with Gasteiger partial charge in [0, 0.05) is 6.07 Å². The van der Waals surface area contributed by atoms with E-state index in [1.807, 2.05) is 0 Å². The highest BCUT2D eigenvalue weighted by molar-refractivity contribution is 5.87. The number of phenols is 1. The summed E-state index contributed by atoms with van der Waals surface area (Å²) in [4.78, 5) is 14.0. The van der Waals surface area contributed by atoms with Crippen molar-refractivity contribution in [3.05, 3.63) is 48.0 Å². The van der Waals surface area contributed by atoms with E-state index in [1.54, 1.807) is 30.3 Å². The number of benzene rings is 2. The lowest BCUT2D eigenvalue weighted by Gasteiger charge is -1.94. The molecule has 1 heterocycles. The summed E-state index contributed by atoms with van der Waals surface area (Å²) < 4.78 is 4.95. The molecule has 0 unspecified atom stereocenters. The van der Waals surface area contributed by atoms with E-state index in [9.17, 15) is 9.90 Å². The Kier molecular flexibility index (Phi) is 3.94. The normalized spacial score (nSPS) is 9.90. The Balaban J connectivity index is 0.000000161. The summed E-state index contributed by atoms with van der Waals surface area (Å²) in [5.74, 6) is -0.908.